The Bertz CT molecular complexity index is 426. The lowest BCUT2D eigenvalue weighted by Crippen LogP contribution is -2.51. The molecule has 2 amide bonds. The predicted molar refractivity (Wildman–Crippen MR) is 101 cm³/mol. The van der Waals surface area contributed by atoms with Crippen molar-refractivity contribution in [3.63, 3.8) is 0 Å². The minimum absolute atomic E-state index is 0.229. The second-order valence-electron chi connectivity index (χ2n) is 7.42. The molecule has 0 spiro atoms. The van der Waals surface area contributed by atoms with E-state index in [4.69, 9.17) is 4.74 Å². The number of rotatable bonds is 5. The van der Waals surface area contributed by atoms with Gasteiger partial charge in [0.05, 0.1) is 0 Å². The molecule has 24 heavy (non-hydrogen) atoms. The Morgan fingerprint density at radius 1 is 1.08 bits per heavy atom. The van der Waals surface area contributed by atoms with Crippen LogP contribution in [-0.2, 0) is 9.53 Å². The van der Waals surface area contributed by atoms with Crippen LogP contribution in [0.15, 0.2) is 0 Å². The highest BCUT2D eigenvalue weighted by Crippen LogP contribution is 2.39. The van der Waals surface area contributed by atoms with Gasteiger partial charge in [-0.25, -0.2) is 4.79 Å². The van der Waals surface area contributed by atoms with Gasteiger partial charge < -0.3 is 14.5 Å². The van der Waals surface area contributed by atoms with Crippen molar-refractivity contribution < 1.29 is 14.3 Å². The van der Waals surface area contributed by atoms with Crippen LogP contribution in [-0.4, -0.2) is 64.6 Å². The normalized spacial score (nSPS) is 21.9. The number of ether oxygens (including phenoxy) is 1. The molecule has 2 aliphatic rings. The molecular weight excluding hydrogens is 344 g/mol. The van der Waals surface area contributed by atoms with Crippen LogP contribution in [0, 0.1) is 0 Å². The molecule has 2 heterocycles. The third kappa shape index (κ3) is 6.75. The van der Waals surface area contributed by atoms with Crippen molar-refractivity contribution in [1.82, 2.24) is 9.80 Å². The molecule has 2 fully saturated rings. The van der Waals surface area contributed by atoms with E-state index in [1.165, 1.54) is 18.6 Å². The van der Waals surface area contributed by atoms with Gasteiger partial charge in [-0.2, -0.15) is 0 Å². The van der Waals surface area contributed by atoms with Gasteiger partial charge in [0.15, 0.2) is 0 Å². The van der Waals surface area contributed by atoms with Gasteiger partial charge in [0.2, 0.25) is 5.91 Å². The molecule has 2 aliphatic heterocycles. The van der Waals surface area contributed by atoms with Crippen molar-refractivity contribution in [2.75, 3.05) is 31.9 Å². The zero-order valence-corrected chi connectivity index (χ0v) is 16.7. The van der Waals surface area contributed by atoms with Crippen LogP contribution in [0.2, 0.25) is 0 Å². The first-order valence-corrected chi connectivity index (χ1v) is 11.3. The van der Waals surface area contributed by atoms with Gasteiger partial charge in [0, 0.05) is 43.6 Å². The van der Waals surface area contributed by atoms with Gasteiger partial charge in [-0.3, -0.25) is 4.79 Å². The second kappa shape index (κ2) is 9.22. The highest BCUT2D eigenvalue weighted by Gasteiger charge is 2.27. The summed E-state index contributed by atoms with van der Waals surface area (Å²) in [7, 11) is 3.98. The third-order valence-electron chi connectivity index (χ3n) is 4.18. The van der Waals surface area contributed by atoms with E-state index in [1.54, 1.807) is 4.90 Å². The molecule has 2 rings (SSSR count). The number of unbranched alkanes of at least 4 members (excludes halogenated alkanes) is 1. The Morgan fingerprint density at radius 3 is 2.33 bits per heavy atom. The summed E-state index contributed by atoms with van der Waals surface area (Å²) in [5.74, 6) is 1.50. The van der Waals surface area contributed by atoms with Gasteiger partial charge in [-0.1, -0.05) is 28.0 Å². The number of hydrogen-bond acceptors (Lipinski definition) is 5. The van der Waals surface area contributed by atoms with E-state index in [0.29, 0.717) is 32.6 Å². The minimum Gasteiger partial charge on any atom is -0.444 e. The largest absolute Gasteiger partial charge is 0.444 e. The minimum atomic E-state index is -0.472. The molecule has 0 radical (unpaired) electrons. The van der Waals surface area contributed by atoms with Crippen LogP contribution in [0.1, 0.15) is 52.9 Å². The highest BCUT2D eigenvalue weighted by atomic mass is 33.1. The summed E-state index contributed by atoms with van der Waals surface area (Å²) in [5, 5.41) is 0.794. The van der Waals surface area contributed by atoms with Gasteiger partial charge in [0.25, 0.3) is 0 Å². The summed E-state index contributed by atoms with van der Waals surface area (Å²) in [4.78, 5) is 27.9. The molecule has 0 aromatic carbocycles. The monoisotopic (exact) mass is 374 g/mol. The summed E-state index contributed by atoms with van der Waals surface area (Å²) in [6.07, 6.45) is 5.03. The quantitative estimate of drug-likeness (QED) is 0.541. The van der Waals surface area contributed by atoms with Crippen molar-refractivity contribution >= 4 is 33.6 Å². The SMILES string of the molecule is CC(C)(C)OC(=O)N1CCN(C(=O)CCCCC2CCSS2)CC1. The average Bonchev–Trinajstić information content (AvgIpc) is 3.03. The van der Waals surface area contributed by atoms with E-state index < -0.39 is 5.60 Å². The van der Waals surface area contributed by atoms with Gasteiger partial charge in [-0.15, -0.1) is 0 Å². The first-order valence-electron chi connectivity index (χ1n) is 8.89. The Kier molecular flexibility index (Phi) is 7.60. The maximum absolute atomic E-state index is 12.3. The van der Waals surface area contributed by atoms with Crippen LogP contribution < -0.4 is 0 Å². The number of carbonyl (C=O) groups excluding carboxylic acids is 2. The fraction of sp³-hybridized carbons (Fsp3) is 0.882. The lowest BCUT2D eigenvalue weighted by atomic mass is 10.1. The van der Waals surface area contributed by atoms with Gasteiger partial charge >= 0.3 is 6.09 Å². The number of amides is 2. The van der Waals surface area contributed by atoms with E-state index >= 15 is 0 Å². The Morgan fingerprint density at radius 2 is 1.75 bits per heavy atom. The Balaban J connectivity index is 1.60. The molecule has 0 aromatic rings. The zero-order chi connectivity index (χ0) is 17.6. The molecule has 2 saturated heterocycles. The third-order valence-corrected chi connectivity index (χ3v) is 7.18. The molecule has 0 bridgehead atoms. The van der Waals surface area contributed by atoms with Crippen LogP contribution in [0.4, 0.5) is 4.79 Å². The van der Waals surface area contributed by atoms with Crippen LogP contribution in [0.5, 0.6) is 0 Å². The molecule has 0 N–H and O–H groups in total. The van der Waals surface area contributed by atoms with E-state index in [2.05, 4.69) is 0 Å². The molecule has 7 heteroatoms. The molecular formula is C17H30N2O3S2. The fourth-order valence-corrected chi connectivity index (χ4v) is 5.86. The number of carbonyl (C=O) groups is 2. The highest BCUT2D eigenvalue weighted by molar-refractivity contribution is 8.77. The molecule has 0 aromatic heterocycles. The van der Waals surface area contributed by atoms with Crippen molar-refractivity contribution in [2.24, 2.45) is 0 Å². The van der Waals surface area contributed by atoms with Gasteiger partial charge in [0.1, 0.15) is 5.60 Å². The van der Waals surface area contributed by atoms with E-state index in [0.717, 1.165) is 18.1 Å². The van der Waals surface area contributed by atoms with Crippen LogP contribution in [0.3, 0.4) is 0 Å². The predicted octanol–water partition coefficient (Wildman–Crippen LogP) is 3.78. The molecule has 0 aliphatic carbocycles. The maximum Gasteiger partial charge on any atom is 0.410 e. The summed E-state index contributed by atoms with van der Waals surface area (Å²) >= 11 is 0. The van der Waals surface area contributed by atoms with Gasteiger partial charge in [-0.05, 0) is 40.0 Å². The van der Waals surface area contributed by atoms with Crippen molar-refractivity contribution in [3.8, 4) is 0 Å². The topological polar surface area (TPSA) is 49.9 Å². The summed E-state index contributed by atoms with van der Waals surface area (Å²) in [6.45, 7) is 7.97. The second-order valence-corrected chi connectivity index (χ2v) is 10.2. The summed E-state index contributed by atoms with van der Waals surface area (Å²) in [5.41, 5.74) is -0.472. The molecule has 138 valence electrons. The van der Waals surface area contributed by atoms with Crippen molar-refractivity contribution in [3.05, 3.63) is 0 Å². The first-order chi connectivity index (χ1) is 11.3. The summed E-state index contributed by atoms with van der Waals surface area (Å²) < 4.78 is 5.38. The van der Waals surface area contributed by atoms with E-state index in [1.807, 2.05) is 47.3 Å². The van der Waals surface area contributed by atoms with Crippen molar-refractivity contribution in [2.45, 2.75) is 63.7 Å². The molecule has 5 nitrogen and oxygen atoms in total. The standard InChI is InChI=1S/C17H30N2O3S2/c1-17(2,3)22-16(21)19-11-9-18(10-12-19)15(20)7-5-4-6-14-8-13-23-24-14/h14H,4-13H2,1-3H3. The fourth-order valence-electron chi connectivity index (χ4n) is 2.84. The van der Waals surface area contributed by atoms with E-state index in [-0.39, 0.29) is 12.0 Å². The Hall–Kier alpha value is -0.560. The summed E-state index contributed by atoms with van der Waals surface area (Å²) in [6, 6.07) is 0. The molecule has 1 atom stereocenters. The molecule has 1 unspecified atom stereocenters. The van der Waals surface area contributed by atoms with E-state index in [9.17, 15) is 9.59 Å². The molecule has 0 saturated carbocycles. The smallest absolute Gasteiger partial charge is 0.410 e. The number of hydrogen-bond donors (Lipinski definition) is 0. The number of piperazine rings is 1. The zero-order valence-electron chi connectivity index (χ0n) is 15.1. The van der Waals surface area contributed by atoms with Crippen LogP contribution >= 0.6 is 21.6 Å². The lowest BCUT2D eigenvalue weighted by Gasteiger charge is -2.35. The first kappa shape index (κ1) is 19.8. The average molecular weight is 375 g/mol. The Labute approximate surface area is 153 Å². The lowest BCUT2D eigenvalue weighted by molar-refractivity contribution is -0.133. The van der Waals surface area contributed by atoms with Crippen molar-refractivity contribution in [1.29, 1.82) is 0 Å². The van der Waals surface area contributed by atoms with Crippen LogP contribution in [0.25, 0.3) is 0 Å². The number of nitrogens with zero attached hydrogens (tertiary/aromatic N) is 2. The maximum atomic E-state index is 12.3.